The molecular weight excluding hydrogens is 342 g/mol. The van der Waals surface area contributed by atoms with Gasteiger partial charge in [0.25, 0.3) is 0 Å². The third-order valence-electron chi connectivity index (χ3n) is 5.18. The van der Waals surface area contributed by atoms with Crippen LogP contribution >= 0.6 is 0 Å². The number of hydrogen-bond acceptors (Lipinski definition) is 0. The number of rotatable bonds is 2. The van der Waals surface area contributed by atoms with Gasteiger partial charge in [0.2, 0.25) is 0 Å². The van der Waals surface area contributed by atoms with E-state index < -0.39 is 34.6 Å². The van der Waals surface area contributed by atoms with E-state index in [0.29, 0.717) is 24.8 Å². The summed E-state index contributed by atoms with van der Waals surface area (Å²) in [5.41, 5.74) is -1.89. The molecule has 2 aliphatic rings. The summed E-state index contributed by atoms with van der Waals surface area (Å²) in [6.07, 6.45) is 4.65. The van der Waals surface area contributed by atoms with E-state index in [2.05, 4.69) is 6.92 Å². The van der Waals surface area contributed by atoms with E-state index in [1.807, 2.05) is 0 Å². The van der Waals surface area contributed by atoms with Gasteiger partial charge in [0.1, 0.15) is 0 Å². The molecule has 0 amide bonds. The summed E-state index contributed by atoms with van der Waals surface area (Å²) in [4.78, 5) is 0. The highest BCUT2D eigenvalue weighted by Gasteiger charge is 2.58. The Hall–Kier alpha value is -1.72. The van der Waals surface area contributed by atoms with Gasteiger partial charge >= 0.3 is 11.8 Å². The van der Waals surface area contributed by atoms with Crippen LogP contribution in [0, 0.1) is 17.6 Å². The quantitative estimate of drug-likeness (QED) is 0.529. The monoisotopic (exact) mass is 360 g/mol. The molecular formula is C19H18F6. The maximum absolute atomic E-state index is 14.5. The van der Waals surface area contributed by atoms with Crippen LogP contribution < -0.4 is 0 Å². The molecule has 0 nitrogen and oxygen atoms in total. The molecule has 6 heteroatoms. The molecule has 0 radical (unpaired) electrons. The second-order valence-corrected chi connectivity index (χ2v) is 6.92. The van der Waals surface area contributed by atoms with Crippen LogP contribution in [-0.2, 0) is 0 Å². The van der Waals surface area contributed by atoms with Gasteiger partial charge in [-0.3, -0.25) is 0 Å². The lowest BCUT2D eigenvalue weighted by atomic mass is 9.78. The molecule has 0 heterocycles. The molecule has 1 aromatic carbocycles. The van der Waals surface area contributed by atoms with Gasteiger partial charge in [-0.25, -0.2) is 8.78 Å². The van der Waals surface area contributed by atoms with Gasteiger partial charge in [-0.15, -0.1) is 0 Å². The minimum atomic E-state index is -4.60. The van der Waals surface area contributed by atoms with Crippen LogP contribution in [0.5, 0.6) is 0 Å². The standard InChI is InChI=1S/C19H18F6/c1-11-4-6-12(7-5-11)13-8-9-14(17(21)16(13)20)15-3-2-10-18(22,23)19(15,24)25/h2-3,8-12H,4-7H2,1H3. The third-order valence-corrected chi connectivity index (χ3v) is 5.18. The van der Waals surface area contributed by atoms with Crippen molar-refractivity contribution in [1.82, 2.24) is 0 Å². The van der Waals surface area contributed by atoms with Crippen LogP contribution in [0.1, 0.15) is 49.7 Å². The number of benzene rings is 1. The van der Waals surface area contributed by atoms with Gasteiger partial charge < -0.3 is 0 Å². The highest BCUT2D eigenvalue weighted by atomic mass is 19.3. The maximum Gasteiger partial charge on any atom is 0.339 e. The van der Waals surface area contributed by atoms with Gasteiger partial charge in [0.15, 0.2) is 11.6 Å². The molecule has 0 spiro atoms. The van der Waals surface area contributed by atoms with E-state index in [1.165, 1.54) is 6.07 Å². The van der Waals surface area contributed by atoms with Crippen LogP contribution in [0.3, 0.4) is 0 Å². The van der Waals surface area contributed by atoms with Crippen LogP contribution in [0.2, 0.25) is 0 Å². The summed E-state index contributed by atoms with van der Waals surface area (Å²) < 4.78 is 83.8. The Kier molecular flexibility index (Phi) is 4.50. The van der Waals surface area contributed by atoms with Gasteiger partial charge in [-0.2, -0.15) is 17.6 Å². The van der Waals surface area contributed by atoms with E-state index in [-0.39, 0.29) is 17.6 Å². The summed E-state index contributed by atoms with van der Waals surface area (Å²) >= 11 is 0. The number of allylic oxidation sites excluding steroid dienone is 4. The fourth-order valence-corrected chi connectivity index (χ4v) is 3.57. The smallest absolute Gasteiger partial charge is 0.203 e. The Morgan fingerprint density at radius 3 is 2.20 bits per heavy atom. The first-order valence-electron chi connectivity index (χ1n) is 8.29. The Labute approximate surface area is 142 Å². The van der Waals surface area contributed by atoms with Crippen LogP contribution in [0.15, 0.2) is 30.4 Å². The zero-order valence-electron chi connectivity index (χ0n) is 13.6. The lowest BCUT2D eigenvalue weighted by Crippen LogP contribution is -2.41. The third kappa shape index (κ3) is 3.00. The first-order valence-corrected chi connectivity index (χ1v) is 8.29. The Balaban J connectivity index is 1.99. The summed E-state index contributed by atoms with van der Waals surface area (Å²) in [6, 6.07) is 2.24. The van der Waals surface area contributed by atoms with Crippen molar-refractivity contribution in [2.75, 3.05) is 0 Å². The van der Waals surface area contributed by atoms with Crippen molar-refractivity contribution in [3.05, 3.63) is 53.1 Å². The molecule has 2 aliphatic carbocycles. The second-order valence-electron chi connectivity index (χ2n) is 6.92. The molecule has 0 atom stereocenters. The van der Waals surface area contributed by atoms with Crippen molar-refractivity contribution in [3.63, 3.8) is 0 Å². The number of halogens is 6. The van der Waals surface area contributed by atoms with E-state index in [4.69, 9.17) is 0 Å². The molecule has 3 rings (SSSR count). The lowest BCUT2D eigenvalue weighted by Gasteiger charge is -2.30. The molecule has 1 aromatic rings. The predicted molar refractivity (Wildman–Crippen MR) is 83.7 cm³/mol. The molecule has 25 heavy (non-hydrogen) atoms. The Bertz CT molecular complexity index is 724. The summed E-state index contributed by atoms with van der Waals surface area (Å²) in [5, 5.41) is 0. The molecule has 1 saturated carbocycles. The second kappa shape index (κ2) is 6.22. The number of alkyl halides is 4. The van der Waals surface area contributed by atoms with Crippen molar-refractivity contribution in [2.24, 2.45) is 5.92 Å². The zero-order valence-corrected chi connectivity index (χ0v) is 13.6. The molecule has 0 aliphatic heterocycles. The average Bonchev–Trinajstić information content (AvgIpc) is 2.54. The van der Waals surface area contributed by atoms with Crippen molar-refractivity contribution in [3.8, 4) is 0 Å². The molecule has 136 valence electrons. The van der Waals surface area contributed by atoms with Gasteiger partial charge in [-0.05, 0) is 36.3 Å². The SMILES string of the molecule is CC1CCC(c2ccc(C3=CC=CC(F)(F)C3(F)F)c(F)c2F)CC1. The zero-order chi connectivity index (χ0) is 18.4. The highest BCUT2D eigenvalue weighted by Crippen LogP contribution is 2.48. The fraction of sp³-hybridized carbons (Fsp3) is 0.474. The van der Waals surface area contributed by atoms with E-state index in [0.717, 1.165) is 25.0 Å². The van der Waals surface area contributed by atoms with Crippen molar-refractivity contribution >= 4 is 5.57 Å². The van der Waals surface area contributed by atoms with Crippen LogP contribution in [0.25, 0.3) is 5.57 Å². The molecule has 0 aromatic heterocycles. The Morgan fingerprint density at radius 1 is 0.920 bits per heavy atom. The molecule has 0 bridgehead atoms. The topological polar surface area (TPSA) is 0 Å². The van der Waals surface area contributed by atoms with E-state index >= 15 is 0 Å². The predicted octanol–water partition coefficient (Wildman–Crippen LogP) is 6.48. The van der Waals surface area contributed by atoms with Gasteiger partial charge in [-0.1, -0.05) is 44.1 Å². The van der Waals surface area contributed by atoms with Crippen molar-refractivity contribution in [2.45, 2.75) is 50.4 Å². The molecule has 1 fully saturated rings. The maximum atomic E-state index is 14.5. The Morgan fingerprint density at radius 2 is 1.56 bits per heavy atom. The number of hydrogen-bond donors (Lipinski definition) is 0. The minimum absolute atomic E-state index is 0.0579. The van der Waals surface area contributed by atoms with Gasteiger partial charge in [0, 0.05) is 11.1 Å². The van der Waals surface area contributed by atoms with E-state index in [9.17, 15) is 26.3 Å². The average molecular weight is 360 g/mol. The summed E-state index contributed by atoms with van der Waals surface area (Å²) in [7, 11) is 0. The van der Waals surface area contributed by atoms with Crippen LogP contribution in [-0.4, -0.2) is 11.8 Å². The van der Waals surface area contributed by atoms with Crippen molar-refractivity contribution < 1.29 is 26.3 Å². The van der Waals surface area contributed by atoms with E-state index in [1.54, 1.807) is 0 Å². The highest BCUT2D eigenvalue weighted by molar-refractivity contribution is 5.75. The van der Waals surface area contributed by atoms with Crippen molar-refractivity contribution in [1.29, 1.82) is 0 Å². The largest absolute Gasteiger partial charge is 0.339 e. The minimum Gasteiger partial charge on any atom is -0.203 e. The molecule has 0 N–H and O–H groups in total. The normalized spacial score (nSPS) is 27.9. The first-order chi connectivity index (χ1) is 11.6. The summed E-state index contributed by atoms with van der Waals surface area (Å²) in [5.74, 6) is -11.4. The van der Waals surface area contributed by atoms with Crippen LogP contribution in [0.4, 0.5) is 26.3 Å². The fourth-order valence-electron chi connectivity index (χ4n) is 3.57. The molecule has 0 unspecified atom stereocenters. The lowest BCUT2D eigenvalue weighted by molar-refractivity contribution is -0.140. The molecule has 0 saturated heterocycles. The van der Waals surface area contributed by atoms with Gasteiger partial charge in [0.05, 0.1) is 0 Å². The first kappa shape index (κ1) is 18.1. The summed E-state index contributed by atoms with van der Waals surface area (Å²) in [6.45, 7) is 2.08.